The number of nitrogens with two attached hydrogens (primary N) is 1. The van der Waals surface area contributed by atoms with E-state index in [-0.39, 0.29) is 17.9 Å². The molecule has 2 heterocycles. The lowest BCUT2D eigenvalue weighted by Crippen LogP contribution is -2.52. The lowest BCUT2D eigenvalue weighted by Gasteiger charge is -2.35. The topological polar surface area (TPSA) is 78.7 Å². The van der Waals surface area contributed by atoms with Gasteiger partial charge in [-0.2, -0.15) is 0 Å². The van der Waals surface area contributed by atoms with Gasteiger partial charge in [-0.3, -0.25) is 4.79 Å². The Labute approximate surface area is 127 Å². The summed E-state index contributed by atoms with van der Waals surface area (Å²) in [6.45, 7) is 7.24. The van der Waals surface area contributed by atoms with Crippen LogP contribution in [0.15, 0.2) is 0 Å². The van der Waals surface area contributed by atoms with Crippen LogP contribution in [0.25, 0.3) is 0 Å². The normalized spacial score (nSPS) is 23.3. The van der Waals surface area contributed by atoms with Crippen molar-refractivity contribution in [1.82, 2.24) is 15.1 Å². The Balaban J connectivity index is 1.85. The number of piperidine rings is 1. The molecule has 0 aromatic heterocycles. The second kappa shape index (κ2) is 6.64. The first-order valence-corrected chi connectivity index (χ1v) is 7.97. The predicted octanol–water partition coefficient (Wildman–Crippen LogP) is 0.768. The number of rotatable bonds is 3. The molecule has 120 valence electrons. The van der Waals surface area contributed by atoms with E-state index in [2.05, 4.69) is 5.32 Å². The summed E-state index contributed by atoms with van der Waals surface area (Å²) < 4.78 is 0. The molecule has 0 saturated carbocycles. The highest BCUT2D eigenvalue weighted by molar-refractivity contribution is 5.81. The molecule has 2 aliphatic rings. The maximum atomic E-state index is 12.4. The second-order valence-corrected chi connectivity index (χ2v) is 6.97. The minimum atomic E-state index is -0.407. The number of urea groups is 1. The number of hydrogen-bond donors (Lipinski definition) is 2. The van der Waals surface area contributed by atoms with Gasteiger partial charge < -0.3 is 20.9 Å². The smallest absolute Gasteiger partial charge is 0.320 e. The Hall–Kier alpha value is -1.30. The molecule has 3 N–H and O–H groups in total. The van der Waals surface area contributed by atoms with Gasteiger partial charge in [0.2, 0.25) is 5.91 Å². The van der Waals surface area contributed by atoms with E-state index in [9.17, 15) is 9.59 Å². The molecule has 0 spiro atoms. The van der Waals surface area contributed by atoms with Crippen LogP contribution in [0.2, 0.25) is 0 Å². The molecule has 6 heteroatoms. The second-order valence-electron chi connectivity index (χ2n) is 6.97. The number of nitrogens with one attached hydrogen (secondary N) is 1. The molecule has 21 heavy (non-hydrogen) atoms. The predicted molar refractivity (Wildman–Crippen MR) is 81.8 cm³/mol. The first-order chi connectivity index (χ1) is 9.87. The van der Waals surface area contributed by atoms with Crippen LogP contribution in [0, 0.1) is 5.92 Å². The van der Waals surface area contributed by atoms with Gasteiger partial charge in [0.05, 0.1) is 5.92 Å². The largest absolute Gasteiger partial charge is 0.354 e. The fourth-order valence-electron chi connectivity index (χ4n) is 2.93. The van der Waals surface area contributed by atoms with Crippen LogP contribution in [0.3, 0.4) is 0 Å². The SMILES string of the molecule is CC(C)(N)CNC(=O)C1CCCN(C(=O)N2CCCC2)C1. The van der Waals surface area contributed by atoms with E-state index in [0.29, 0.717) is 13.1 Å². The van der Waals surface area contributed by atoms with Crippen molar-refractivity contribution >= 4 is 11.9 Å². The van der Waals surface area contributed by atoms with Crippen LogP contribution >= 0.6 is 0 Å². The van der Waals surface area contributed by atoms with Gasteiger partial charge >= 0.3 is 6.03 Å². The Morgan fingerprint density at radius 3 is 2.38 bits per heavy atom. The molecular formula is C15H28N4O2. The van der Waals surface area contributed by atoms with Crippen molar-refractivity contribution in [2.75, 3.05) is 32.7 Å². The zero-order valence-corrected chi connectivity index (χ0v) is 13.2. The van der Waals surface area contributed by atoms with Crippen LogP contribution in [0.4, 0.5) is 4.79 Å². The lowest BCUT2D eigenvalue weighted by molar-refractivity contribution is -0.126. The quantitative estimate of drug-likeness (QED) is 0.807. The maximum absolute atomic E-state index is 12.4. The summed E-state index contributed by atoms with van der Waals surface area (Å²) in [4.78, 5) is 28.3. The summed E-state index contributed by atoms with van der Waals surface area (Å²) in [5, 5.41) is 2.91. The number of carbonyl (C=O) groups excluding carboxylic acids is 2. The van der Waals surface area contributed by atoms with Crippen molar-refractivity contribution in [2.45, 2.75) is 45.1 Å². The van der Waals surface area contributed by atoms with Crippen molar-refractivity contribution < 1.29 is 9.59 Å². The average Bonchev–Trinajstić information content (AvgIpc) is 2.97. The van der Waals surface area contributed by atoms with Gasteiger partial charge in [-0.1, -0.05) is 0 Å². The molecule has 0 radical (unpaired) electrons. The van der Waals surface area contributed by atoms with E-state index in [1.54, 1.807) is 0 Å². The molecule has 0 aromatic carbocycles. The standard InChI is InChI=1S/C15H28N4O2/c1-15(2,16)11-17-13(20)12-6-5-9-19(10-12)14(21)18-7-3-4-8-18/h12H,3-11,16H2,1-2H3,(H,17,20). The monoisotopic (exact) mass is 296 g/mol. The van der Waals surface area contributed by atoms with Crippen LogP contribution in [-0.4, -0.2) is 60.0 Å². The summed E-state index contributed by atoms with van der Waals surface area (Å²) in [5.74, 6) is -0.0832. The van der Waals surface area contributed by atoms with Gasteiger partial charge in [-0.15, -0.1) is 0 Å². The number of carbonyl (C=O) groups is 2. The molecule has 3 amide bonds. The van der Waals surface area contributed by atoms with Crippen LogP contribution < -0.4 is 11.1 Å². The third kappa shape index (κ3) is 4.59. The van der Waals surface area contributed by atoms with Crippen molar-refractivity contribution in [3.8, 4) is 0 Å². The average molecular weight is 296 g/mol. The van der Waals surface area contributed by atoms with E-state index < -0.39 is 5.54 Å². The molecular weight excluding hydrogens is 268 g/mol. The highest BCUT2D eigenvalue weighted by atomic mass is 16.2. The summed E-state index contributed by atoms with van der Waals surface area (Å²) >= 11 is 0. The Morgan fingerprint density at radius 2 is 1.76 bits per heavy atom. The number of hydrogen-bond acceptors (Lipinski definition) is 3. The molecule has 2 fully saturated rings. The van der Waals surface area contributed by atoms with Crippen LogP contribution in [0.5, 0.6) is 0 Å². The minimum Gasteiger partial charge on any atom is -0.354 e. The van der Waals surface area contributed by atoms with Crippen LogP contribution in [-0.2, 0) is 4.79 Å². The summed E-state index contributed by atoms with van der Waals surface area (Å²) in [5.41, 5.74) is 5.48. The van der Waals surface area contributed by atoms with Gasteiger partial charge in [0.1, 0.15) is 0 Å². The van der Waals surface area contributed by atoms with Gasteiger partial charge in [0.15, 0.2) is 0 Å². The van der Waals surface area contributed by atoms with Gasteiger partial charge in [0, 0.05) is 38.3 Å². The number of likely N-dealkylation sites (tertiary alicyclic amines) is 2. The van der Waals surface area contributed by atoms with E-state index >= 15 is 0 Å². The molecule has 2 rings (SSSR count). The fourth-order valence-corrected chi connectivity index (χ4v) is 2.93. The van der Waals surface area contributed by atoms with E-state index in [1.165, 1.54) is 0 Å². The van der Waals surface area contributed by atoms with Gasteiger partial charge in [-0.05, 0) is 39.5 Å². The first kappa shape index (κ1) is 16.1. The molecule has 6 nitrogen and oxygen atoms in total. The van der Waals surface area contributed by atoms with Crippen LogP contribution in [0.1, 0.15) is 39.5 Å². The van der Waals surface area contributed by atoms with E-state index in [4.69, 9.17) is 5.73 Å². The van der Waals surface area contributed by atoms with Crippen molar-refractivity contribution in [1.29, 1.82) is 0 Å². The molecule has 0 bridgehead atoms. The summed E-state index contributed by atoms with van der Waals surface area (Å²) in [7, 11) is 0. The summed E-state index contributed by atoms with van der Waals surface area (Å²) in [6.07, 6.45) is 3.93. The van der Waals surface area contributed by atoms with Crippen molar-refractivity contribution in [2.24, 2.45) is 11.7 Å². The van der Waals surface area contributed by atoms with Gasteiger partial charge in [-0.25, -0.2) is 4.79 Å². The zero-order valence-electron chi connectivity index (χ0n) is 13.2. The molecule has 0 aliphatic carbocycles. The molecule has 2 saturated heterocycles. The third-order valence-electron chi connectivity index (χ3n) is 4.16. The summed E-state index contributed by atoms with van der Waals surface area (Å²) in [6, 6.07) is 0.101. The maximum Gasteiger partial charge on any atom is 0.320 e. The fraction of sp³-hybridized carbons (Fsp3) is 0.867. The molecule has 1 unspecified atom stereocenters. The zero-order chi connectivity index (χ0) is 15.5. The minimum absolute atomic E-state index is 0.0208. The Morgan fingerprint density at radius 1 is 1.14 bits per heavy atom. The van der Waals surface area contributed by atoms with Crippen molar-refractivity contribution in [3.05, 3.63) is 0 Å². The van der Waals surface area contributed by atoms with Crippen molar-refractivity contribution in [3.63, 3.8) is 0 Å². The molecule has 1 atom stereocenters. The lowest BCUT2D eigenvalue weighted by atomic mass is 9.97. The first-order valence-electron chi connectivity index (χ1n) is 7.97. The number of amides is 3. The molecule has 0 aromatic rings. The number of nitrogens with zero attached hydrogens (tertiary/aromatic N) is 2. The Bertz CT molecular complexity index is 386. The molecule has 2 aliphatic heterocycles. The van der Waals surface area contributed by atoms with E-state index in [1.807, 2.05) is 23.6 Å². The highest BCUT2D eigenvalue weighted by Gasteiger charge is 2.31. The Kier molecular flexibility index (Phi) is 5.08. The highest BCUT2D eigenvalue weighted by Crippen LogP contribution is 2.20. The van der Waals surface area contributed by atoms with E-state index in [0.717, 1.165) is 45.3 Å². The third-order valence-corrected chi connectivity index (χ3v) is 4.16. The van der Waals surface area contributed by atoms with Gasteiger partial charge in [0.25, 0.3) is 0 Å².